The Morgan fingerprint density at radius 3 is 2.57 bits per heavy atom. The average Bonchev–Trinajstić information content (AvgIpc) is 3.37. The number of nitro groups is 1. The number of aliphatic imine (C=N–C) groups is 1. The van der Waals surface area contributed by atoms with Gasteiger partial charge in [0.05, 0.1) is 16.8 Å². The Morgan fingerprint density at radius 1 is 1.04 bits per heavy atom. The van der Waals surface area contributed by atoms with Crippen LogP contribution in [0.4, 0.5) is 11.7 Å². The largest absolute Gasteiger partial charge is 0.402 e. The predicted molar refractivity (Wildman–Crippen MR) is 104 cm³/mol. The molecule has 2 heterocycles. The molecule has 0 N–H and O–H groups in total. The van der Waals surface area contributed by atoms with Crippen LogP contribution in [0.5, 0.6) is 0 Å². The van der Waals surface area contributed by atoms with Crippen molar-refractivity contribution < 1.29 is 9.34 Å². The van der Waals surface area contributed by atoms with Crippen molar-refractivity contribution in [2.75, 3.05) is 0 Å². The Hall–Kier alpha value is -4.07. The molecule has 8 nitrogen and oxygen atoms in total. The summed E-state index contributed by atoms with van der Waals surface area (Å²) in [4.78, 5) is 14.6. The zero-order chi connectivity index (χ0) is 19.3. The first-order chi connectivity index (χ1) is 13.7. The minimum atomic E-state index is -0.411. The Bertz CT molecular complexity index is 1110. The molecule has 4 rings (SSSR count). The minimum absolute atomic E-state index is 0.0728. The highest BCUT2D eigenvalue weighted by molar-refractivity contribution is 5.79. The van der Waals surface area contributed by atoms with Crippen molar-refractivity contribution in [1.29, 1.82) is 0 Å². The van der Waals surface area contributed by atoms with Gasteiger partial charge in [-0.2, -0.15) is 4.99 Å². The van der Waals surface area contributed by atoms with Crippen LogP contribution < -0.4 is 0 Å². The molecule has 8 heteroatoms. The third-order valence-electron chi connectivity index (χ3n) is 4.11. The average molecular weight is 373 g/mol. The number of non-ortho nitro benzene ring substituents is 1. The molecular formula is C20H15N5O3. The molecule has 28 heavy (non-hydrogen) atoms. The Morgan fingerprint density at radius 2 is 1.82 bits per heavy atom. The number of aromatic nitrogens is 3. The smallest absolute Gasteiger partial charge is 0.342 e. The first-order valence-corrected chi connectivity index (χ1v) is 8.50. The normalized spacial score (nSPS) is 11.1. The second kappa shape index (κ2) is 7.67. The fraction of sp³-hybridized carbons (Fsp3) is 0.0500. The molecule has 0 spiro atoms. The third-order valence-corrected chi connectivity index (χ3v) is 4.11. The van der Waals surface area contributed by atoms with E-state index < -0.39 is 4.92 Å². The van der Waals surface area contributed by atoms with Gasteiger partial charge in [-0.05, 0) is 29.8 Å². The van der Waals surface area contributed by atoms with Crippen LogP contribution in [0.1, 0.15) is 11.3 Å². The highest BCUT2D eigenvalue weighted by atomic mass is 16.6. The molecule has 0 aliphatic heterocycles. The summed E-state index contributed by atoms with van der Waals surface area (Å²) in [6, 6.07) is 19.9. The lowest BCUT2D eigenvalue weighted by atomic mass is 10.2. The first kappa shape index (κ1) is 17.3. The SMILES string of the molecule is O=[N+]([O-])c1ccc(Cn2cccc2/C=N\c2nnc(-c3ccccc3)o2)cc1. The van der Waals surface area contributed by atoms with Gasteiger partial charge in [0, 0.05) is 30.4 Å². The molecule has 0 aliphatic rings. The lowest BCUT2D eigenvalue weighted by Gasteiger charge is -2.06. The van der Waals surface area contributed by atoms with Crippen LogP contribution in [0.3, 0.4) is 0 Å². The van der Waals surface area contributed by atoms with Crippen molar-refractivity contribution in [3.63, 3.8) is 0 Å². The van der Waals surface area contributed by atoms with Gasteiger partial charge in [-0.3, -0.25) is 10.1 Å². The summed E-state index contributed by atoms with van der Waals surface area (Å²) in [6.45, 7) is 0.561. The van der Waals surface area contributed by atoms with E-state index in [1.807, 2.05) is 53.2 Å². The van der Waals surface area contributed by atoms with E-state index in [0.29, 0.717) is 12.4 Å². The van der Waals surface area contributed by atoms with Crippen LogP contribution in [-0.4, -0.2) is 25.9 Å². The molecule has 2 aromatic heterocycles. The van der Waals surface area contributed by atoms with Crippen LogP contribution in [0.25, 0.3) is 11.5 Å². The summed E-state index contributed by atoms with van der Waals surface area (Å²) in [5.74, 6) is 0.411. The van der Waals surface area contributed by atoms with Crippen molar-refractivity contribution >= 4 is 17.9 Å². The van der Waals surface area contributed by atoms with Gasteiger partial charge in [0.15, 0.2) is 0 Å². The number of hydrogen-bond acceptors (Lipinski definition) is 6. The highest BCUT2D eigenvalue weighted by Crippen LogP contribution is 2.20. The maximum Gasteiger partial charge on any atom is 0.342 e. The molecule has 0 atom stereocenters. The van der Waals surface area contributed by atoms with Crippen molar-refractivity contribution in [2.45, 2.75) is 6.54 Å². The molecule has 0 fully saturated rings. The second-order valence-corrected chi connectivity index (χ2v) is 6.00. The first-order valence-electron chi connectivity index (χ1n) is 8.50. The maximum absolute atomic E-state index is 10.8. The molecule has 0 bridgehead atoms. The zero-order valence-electron chi connectivity index (χ0n) is 14.7. The van der Waals surface area contributed by atoms with Crippen LogP contribution in [-0.2, 0) is 6.54 Å². The third kappa shape index (κ3) is 3.85. The standard InChI is InChI=1S/C20H15N5O3/c26-25(27)17-10-8-15(9-11-17)14-24-12-4-7-18(24)13-21-20-23-22-19(28-20)16-5-2-1-3-6-16/h1-13H,14H2/b21-13-. The minimum Gasteiger partial charge on any atom is -0.402 e. The molecule has 2 aromatic carbocycles. The predicted octanol–water partition coefficient (Wildman–Crippen LogP) is 4.25. The molecule has 0 saturated heterocycles. The van der Waals surface area contributed by atoms with Crippen molar-refractivity contribution in [1.82, 2.24) is 14.8 Å². The number of nitro benzene ring substituents is 1. The van der Waals surface area contributed by atoms with E-state index in [-0.39, 0.29) is 11.7 Å². The zero-order valence-corrected chi connectivity index (χ0v) is 14.7. The van der Waals surface area contributed by atoms with Crippen molar-refractivity contribution in [3.8, 4) is 11.5 Å². The van der Waals surface area contributed by atoms with Gasteiger partial charge in [0.2, 0.25) is 5.89 Å². The van der Waals surface area contributed by atoms with Crippen LogP contribution >= 0.6 is 0 Å². The quantitative estimate of drug-likeness (QED) is 0.286. The van der Waals surface area contributed by atoms with E-state index in [4.69, 9.17) is 4.42 Å². The second-order valence-electron chi connectivity index (χ2n) is 6.00. The number of benzene rings is 2. The monoisotopic (exact) mass is 373 g/mol. The lowest BCUT2D eigenvalue weighted by molar-refractivity contribution is -0.384. The van der Waals surface area contributed by atoms with Gasteiger partial charge in [-0.15, -0.1) is 5.10 Å². The summed E-state index contributed by atoms with van der Waals surface area (Å²) in [6.07, 6.45) is 3.56. The van der Waals surface area contributed by atoms with E-state index in [2.05, 4.69) is 15.2 Å². The summed E-state index contributed by atoms with van der Waals surface area (Å²) in [5.41, 5.74) is 2.69. The van der Waals surface area contributed by atoms with Crippen LogP contribution in [0.2, 0.25) is 0 Å². The van der Waals surface area contributed by atoms with E-state index in [9.17, 15) is 10.1 Å². The Labute approximate surface area is 160 Å². The van der Waals surface area contributed by atoms with Gasteiger partial charge in [0.1, 0.15) is 0 Å². The summed E-state index contributed by atoms with van der Waals surface area (Å²) >= 11 is 0. The van der Waals surface area contributed by atoms with Gasteiger partial charge in [-0.1, -0.05) is 35.4 Å². The Kier molecular flexibility index (Phi) is 4.75. The summed E-state index contributed by atoms with van der Waals surface area (Å²) in [5, 5.41) is 18.7. The van der Waals surface area contributed by atoms with Gasteiger partial charge >= 0.3 is 6.01 Å². The van der Waals surface area contributed by atoms with E-state index in [0.717, 1.165) is 16.8 Å². The van der Waals surface area contributed by atoms with Crippen molar-refractivity contribution in [2.24, 2.45) is 4.99 Å². The molecule has 0 amide bonds. The van der Waals surface area contributed by atoms with Gasteiger partial charge in [0.25, 0.3) is 5.69 Å². The van der Waals surface area contributed by atoms with Gasteiger partial charge < -0.3 is 8.98 Å². The topological polar surface area (TPSA) is 99.3 Å². The van der Waals surface area contributed by atoms with E-state index in [1.165, 1.54) is 12.1 Å². The highest BCUT2D eigenvalue weighted by Gasteiger charge is 2.08. The molecule has 0 aliphatic carbocycles. The molecule has 4 aromatic rings. The van der Waals surface area contributed by atoms with E-state index >= 15 is 0 Å². The number of nitrogens with zero attached hydrogens (tertiary/aromatic N) is 5. The molecular weight excluding hydrogens is 358 g/mol. The molecule has 0 radical (unpaired) electrons. The van der Waals surface area contributed by atoms with Crippen LogP contribution in [0.15, 0.2) is 82.3 Å². The fourth-order valence-corrected chi connectivity index (χ4v) is 2.69. The molecule has 0 saturated carbocycles. The summed E-state index contributed by atoms with van der Waals surface area (Å²) < 4.78 is 7.54. The van der Waals surface area contributed by atoms with E-state index in [1.54, 1.807) is 18.3 Å². The van der Waals surface area contributed by atoms with Gasteiger partial charge in [-0.25, -0.2) is 0 Å². The Balaban J connectivity index is 1.48. The number of hydrogen-bond donors (Lipinski definition) is 0. The summed E-state index contributed by atoms with van der Waals surface area (Å²) in [7, 11) is 0. The van der Waals surface area contributed by atoms with Crippen molar-refractivity contribution in [3.05, 3.63) is 94.3 Å². The number of rotatable bonds is 6. The lowest BCUT2D eigenvalue weighted by Crippen LogP contribution is -2.02. The molecule has 138 valence electrons. The van der Waals surface area contributed by atoms with Crippen LogP contribution in [0, 0.1) is 10.1 Å². The fourth-order valence-electron chi connectivity index (χ4n) is 2.69. The molecule has 0 unspecified atom stereocenters. The maximum atomic E-state index is 10.8.